The van der Waals surface area contributed by atoms with E-state index in [1.54, 1.807) is 12.3 Å². The molecule has 18 heavy (non-hydrogen) atoms. The molecule has 0 unspecified atom stereocenters. The molecule has 0 atom stereocenters. The number of carboxylic acids is 1. The van der Waals surface area contributed by atoms with Crippen molar-refractivity contribution in [3.05, 3.63) is 36.0 Å². The molecule has 0 spiro atoms. The van der Waals surface area contributed by atoms with Crippen molar-refractivity contribution in [3.63, 3.8) is 0 Å². The lowest BCUT2D eigenvalue weighted by molar-refractivity contribution is 0.0694. The molecule has 0 amide bonds. The Labute approximate surface area is 104 Å². The van der Waals surface area contributed by atoms with Gasteiger partial charge in [0.2, 0.25) is 0 Å². The topological polar surface area (TPSA) is 75.3 Å². The van der Waals surface area contributed by atoms with Crippen LogP contribution in [0.5, 0.6) is 5.75 Å². The minimum Gasteiger partial charge on any atom is -0.507 e. The van der Waals surface area contributed by atoms with Crippen molar-refractivity contribution in [2.45, 2.75) is 19.9 Å². The van der Waals surface area contributed by atoms with Crippen LogP contribution in [0, 0.1) is 0 Å². The van der Waals surface area contributed by atoms with Crippen LogP contribution in [0.2, 0.25) is 0 Å². The molecule has 0 saturated heterocycles. The number of carbonyl (C=O) groups is 1. The maximum atomic E-state index is 11.0. The lowest BCUT2D eigenvalue weighted by atomic mass is 10.1. The second-order valence-electron chi connectivity index (χ2n) is 3.98. The van der Waals surface area contributed by atoms with Crippen molar-refractivity contribution in [2.75, 3.05) is 0 Å². The summed E-state index contributed by atoms with van der Waals surface area (Å²) >= 11 is 0. The SMILES string of the molecule is CCCn1nccc1-c1ccc(O)c(C(=O)O)c1. The first-order valence-electron chi connectivity index (χ1n) is 5.72. The van der Waals surface area contributed by atoms with Gasteiger partial charge in [-0.2, -0.15) is 5.10 Å². The fraction of sp³-hybridized carbons (Fsp3) is 0.231. The highest BCUT2D eigenvalue weighted by Crippen LogP contribution is 2.26. The highest BCUT2D eigenvalue weighted by atomic mass is 16.4. The summed E-state index contributed by atoms with van der Waals surface area (Å²) < 4.78 is 1.82. The van der Waals surface area contributed by atoms with E-state index in [2.05, 4.69) is 5.10 Å². The van der Waals surface area contributed by atoms with Gasteiger partial charge in [-0.3, -0.25) is 4.68 Å². The van der Waals surface area contributed by atoms with Crippen molar-refractivity contribution in [2.24, 2.45) is 0 Å². The molecule has 5 nitrogen and oxygen atoms in total. The lowest BCUT2D eigenvalue weighted by Gasteiger charge is -2.07. The van der Waals surface area contributed by atoms with Gasteiger partial charge >= 0.3 is 5.97 Å². The van der Waals surface area contributed by atoms with Crippen molar-refractivity contribution in [1.82, 2.24) is 9.78 Å². The van der Waals surface area contributed by atoms with Gasteiger partial charge in [-0.25, -0.2) is 4.79 Å². The molecule has 5 heteroatoms. The zero-order valence-electron chi connectivity index (χ0n) is 10.00. The molecular weight excluding hydrogens is 232 g/mol. The van der Waals surface area contributed by atoms with Gasteiger partial charge < -0.3 is 10.2 Å². The van der Waals surface area contributed by atoms with Gasteiger partial charge in [-0.05, 0) is 30.7 Å². The maximum Gasteiger partial charge on any atom is 0.339 e. The van der Waals surface area contributed by atoms with E-state index < -0.39 is 5.97 Å². The molecule has 0 aliphatic rings. The zero-order chi connectivity index (χ0) is 13.1. The normalized spacial score (nSPS) is 10.5. The summed E-state index contributed by atoms with van der Waals surface area (Å²) in [5.41, 5.74) is 1.48. The Bertz CT molecular complexity index is 575. The van der Waals surface area contributed by atoms with E-state index in [0.717, 1.165) is 24.2 Å². The number of aromatic nitrogens is 2. The molecule has 0 radical (unpaired) electrons. The van der Waals surface area contributed by atoms with E-state index in [1.807, 2.05) is 17.7 Å². The summed E-state index contributed by atoms with van der Waals surface area (Å²) in [5, 5.41) is 22.6. The predicted molar refractivity (Wildman–Crippen MR) is 66.6 cm³/mol. The van der Waals surface area contributed by atoms with Gasteiger partial charge in [0.25, 0.3) is 0 Å². The highest BCUT2D eigenvalue weighted by Gasteiger charge is 2.12. The van der Waals surface area contributed by atoms with Crippen LogP contribution in [0.25, 0.3) is 11.3 Å². The Morgan fingerprint density at radius 2 is 2.17 bits per heavy atom. The Morgan fingerprint density at radius 3 is 2.83 bits per heavy atom. The first-order chi connectivity index (χ1) is 8.63. The molecule has 0 bridgehead atoms. The Balaban J connectivity index is 2.47. The third-order valence-electron chi connectivity index (χ3n) is 2.67. The molecule has 1 heterocycles. The first-order valence-corrected chi connectivity index (χ1v) is 5.72. The van der Waals surface area contributed by atoms with Crippen molar-refractivity contribution < 1.29 is 15.0 Å². The van der Waals surface area contributed by atoms with E-state index in [-0.39, 0.29) is 11.3 Å². The molecule has 1 aromatic heterocycles. The lowest BCUT2D eigenvalue weighted by Crippen LogP contribution is -2.02. The summed E-state index contributed by atoms with van der Waals surface area (Å²) in [6.45, 7) is 2.82. The molecule has 0 saturated carbocycles. The van der Waals surface area contributed by atoms with Crippen LogP contribution >= 0.6 is 0 Å². The second kappa shape index (κ2) is 4.91. The van der Waals surface area contributed by atoms with Crippen molar-refractivity contribution >= 4 is 5.97 Å². The van der Waals surface area contributed by atoms with Crippen LogP contribution in [-0.4, -0.2) is 26.0 Å². The number of aromatic carboxylic acids is 1. The van der Waals surface area contributed by atoms with E-state index in [1.165, 1.54) is 12.1 Å². The molecule has 94 valence electrons. The number of aromatic hydroxyl groups is 1. The fourth-order valence-electron chi connectivity index (χ4n) is 1.83. The predicted octanol–water partition coefficient (Wildman–Crippen LogP) is 2.36. The number of hydrogen-bond acceptors (Lipinski definition) is 3. The van der Waals surface area contributed by atoms with Gasteiger partial charge in [0.05, 0.1) is 5.69 Å². The van der Waals surface area contributed by atoms with E-state index in [0.29, 0.717) is 0 Å². The minimum absolute atomic E-state index is 0.100. The Hall–Kier alpha value is -2.30. The molecule has 0 fully saturated rings. The monoisotopic (exact) mass is 246 g/mol. The molecule has 2 N–H and O–H groups in total. The number of nitrogens with zero attached hydrogens (tertiary/aromatic N) is 2. The second-order valence-corrected chi connectivity index (χ2v) is 3.98. The first kappa shape index (κ1) is 12.2. The summed E-state index contributed by atoms with van der Waals surface area (Å²) in [6, 6.07) is 6.36. The number of hydrogen-bond donors (Lipinski definition) is 2. The summed E-state index contributed by atoms with van der Waals surface area (Å²) in [5.74, 6) is -1.37. The number of aryl methyl sites for hydroxylation is 1. The number of rotatable bonds is 4. The minimum atomic E-state index is -1.14. The van der Waals surface area contributed by atoms with Gasteiger partial charge in [-0.1, -0.05) is 6.92 Å². The van der Waals surface area contributed by atoms with Crippen molar-refractivity contribution in [1.29, 1.82) is 0 Å². The molecular formula is C13H14N2O3. The molecule has 2 aromatic rings. The molecule has 2 rings (SSSR count). The van der Waals surface area contributed by atoms with Crippen molar-refractivity contribution in [3.8, 4) is 17.0 Å². The van der Waals surface area contributed by atoms with Crippen LogP contribution < -0.4 is 0 Å². The summed E-state index contributed by atoms with van der Waals surface area (Å²) in [6.07, 6.45) is 2.62. The van der Waals surface area contributed by atoms with Crippen LogP contribution in [0.1, 0.15) is 23.7 Å². The van der Waals surface area contributed by atoms with Crippen LogP contribution in [0.4, 0.5) is 0 Å². The average molecular weight is 246 g/mol. The molecule has 1 aromatic carbocycles. The highest BCUT2D eigenvalue weighted by molar-refractivity contribution is 5.92. The quantitative estimate of drug-likeness (QED) is 0.868. The number of benzene rings is 1. The third-order valence-corrected chi connectivity index (χ3v) is 2.67. The van der Waals surface area contributed by atoms with Crippen LogP contribution in [-0.2, 0) is 6.54 Å². The Morgan fingerprint density at radius 1 is 1.39 bits per heavy atom. The Kier molecular flexibility index (Phi) is 3.32. The van der Waals surface area contributed by atoms with E-state index in [4.69, 9.17) is 5.11 Å². The summed E-state index contributed by atoms with van der Waals surface area (Å²) in [4.78, 5) is 11.0. The van der Waals surface area contributed by atoms with Gasteiger partial charge in [0, 0.05) is 18.3 Å². The molecule has 0 aliphatic heterocycles. The van der Waals surface area contributed by atoms with Gasteiger partial charge in [0.15, 0.2) is 0 Å². The summed E-state index contributed by atoms with van der Waals surface area (Å²) in [7, 11) is 0. The van der Waals surface area contributed by atoms with Crippen LogP contribution in [0.15, 0.2) is 30.5 Å². The van der Waals surface area contributed by atoms with Gasteiger partial charge in [-0.15, -0.1) is 0 Å². The zero-order valence-corrected chi connectivity index (χ0v) is 10.00. The maximum absolute atomic E-state index is 11.0. The standard InChI is InChI=1S/C13H14N2O3/c1-2-7-15-11(5-6-14-15)9-3-4-12(16)10(8-9)13(17)18/h3-6,8,16H,2,7H2,1H3,(H,17,18). The van der Waals surface area contributed by atoms with E-state index in [9.17, 15) is 9.90 Å². The number of carboxylic acid groups (broad SMARTS) is 1. The smallest absolute Gasteiger partial charge is 0.339 e. The number of phenols is 1. The fourth-order valence-corrected chi connectivity index (χ4v) is 1.83. The molecule has 0 aliphatic carbocycles. The van der Waals surface area contributed by atoms with Crippen LogP contribution in [0.3, 0.4) is 0 Å². The van der Waals surface area contributed by atoms with Gasteiger partial charge in [0.1, 0.15) is 11.3 Å². The average Bonchev–Trinajstić information content (AvgIpc) is 2.78. The largest absolute Gasteiger partial charge is 0.507 e. The van der Waals surface area contributed by atoms with E-state index >= 15 is 0 Å². The third kappa shape index (κ3) is 2.20.